The molecule has 0 aliphatic carbocycles. The molecule has 5 fully saturated rings. The first-order valence-electron chi connectivity index (χ1n) is 20.5. The SMILES string of the molecule is CC(=O)OC1C(O)C(CO)OC(OC2C(OC3C(CO)OC(OC4C(O)C(C)OC(COCC(O)CO)C4O)C(O)C3O)OC(CO)C(OC3OC(CO)C(O)C(O)C3O)C2O)C1O. The van der Waals surface area contributed by atoms with Crippen LogP contribution in [0.4, 0.5) is 0 Å². The lowest BCUT2D eigenvalue weighted by Crippen LogP contribution is -2.69. The topological polar surface area (TPSA) is 442 Å². The molecule has 5 heterocycles. The smallest absolute Gasteiger partial charge is 0.303 e. The molecule has 0 radical (unpaired) electrons. The van der Waals surface area contributed by atoms with Crippen LogP contribution in [0.25, 0.3) is 0 Å². The average molecular weight is 943 g/mol. The molecule has 16 N–H and O–H groups in total. The Morgan fingerprint density at radius 3 is 1.48 bits per heavy atom. The molecule has 0 saturated carbocycles. The van der Waals surface area contributed by atoms with Gasteiger partial charge in [-0.3, -0.25) is 4.79 Å². The van der Waals surface area contributed by atoms with Gasteiger partial charge in [0, 0.05) is 6.92 Å². The normalized spacial score (nSPS) is 48.4. The molecule has 26 atom stereocenters. The van der Waals surface area contributed by atoms with Crippen LogP contribution in [0.5, 0.6) is 0 Å². The number of carbonyl (C=O) groups is 1. The van der Waals surface area contributed by atoms with Crippen LogP contribution >= 0.6 is 0 Å². The van der Waals surface area contributed by atoms with Crippen molar-refractivity contribution in [2.75, 3.05) is 46.2 Å². The predicted molar refractivity (Wildman–Crippen MR) is 196 cm³/mol. The van der Waals surface area contributed by atoms with Gasteiger partial charge in [-0.25, -0.2) is 0 Å². The zero-order valence-electron chi connectivity index (χ0n) is 34.5. The minimum absolute atomic E-state index is 0.338. The van der Waals surface area contributed by atoms with Crippen molar-refractivity contribution < 1.29 is 139 Å². The standard InChI is InChI=1S/C36H62O28/c1-10-18(44)30(21(47)17(55-10)9-54-8-12(43)3-37)63-34-25(51)23(49)28(15(6-40)59-34)62-36-32(64-35-27(53)31(56-11(2)42)20(46)14(5-39)58-35)26(52)29(16(7-41)60-36)61-33-24(50)22(48)19(45)13(4-38)57-33/h10,12-41,43-53H,3-9H2,1-2H3. The fourth-order valence-electron chi connectivity index (χ4n) is 7.88. The summed E-state index contributed by atoms with van der Waals surface area (Å²) in [4.78, 5) is 11.9. The van der Waals surface area contributed by atoms with Crippen molar-refractivity contribution >= 4 is 5.97 Å². The highest BCUT2D eigenvalue weighted by Crippen LogP contribution is 2.37. The molecule has 5 rings (SSSR count). The lowest BCUT2D eigenvalue weighted by molar-refractivity contribution is -0.404. The third kappa shape index (κ3) is 11.8. The first-order valence-corrected chi connectivity index (χ1v) is 20.5. The van der Waals surface area contributed by atoms with E-state index in [1.54, 1.807) is 0 Å². The molecule has 0 aromatic carbocycles. The molecule has 0 aromatic rings. The summed E-state index contributed by atoms with van der Waals surface area (Å²) >= 11 is 0. The number of aliphatic hydroxyl groups is 16. The van der Waals surface area contributed by atoms with E-state index in [0.29, 0.717) is 0 Å². The summed E-state index contributed by atoms with van der Waals surface area (Å²) in [6.45, 7) is -2.78. The molecular formula is C36H62O28. The maximum absolute atomic E-state index is 11.9. The van der Waals surface area contributed by atoms with E-state index in [4.69, 9.17) is 57.2 Å². The molecule has 64 heavy (non-hydrogen) atoms. The van der Waals surface area contributed by atoms with E-state index in [2.05, 4.69) is 0 Å². The van der Waals surface area contributed by atoms with Crippen LogP contribution in [0.3, 0.4) is 0 Å². The second kappa shape index (κ2) is 23.6. The summed E-state index contributed by atoms with van der Waals surface area (Å²) < 4.78 is 61.9. The number of ether oxygens (including phenoxy) is 11. The number of carbonyl (C=O) groups excluding carboxylic acids is 1. The maximum atomic E-state index is 11.9. The largest absolute Gasteiger partial charge is 0.457 e. The van der Waals surface area contributed by atoms with E-state index in [1.165, 1.54) is 6.92 Å². The summed E-state index contributed by atoms with van der Waals surface area (Å²) in [5.74, 6) is -0.984. The first kappa shape index (κ1) is 53.4. The summed E-state index contributed by atoms with van der Waals surface area (Å²) in [6, 6.07) is 0. The molecule has 5 aliphatic rings. The first-order chi connectivity index (χ1) is 30.3. The molecule has 28 heteroatoms. The van der Waals surface area contributed by atoms with Crippen LogP contribution < -0.4 is 0 Å². The molecular weight excluding hydrogens is 880 g/mol. The molecule has 0 bridgehead atoms. The Morgan fingerprint density at radius 1 is 0.469 bits per heavy atom. The van der Waals surface area contributed by atoms with Gasteiger partial charge in [0.05, 0.1) is 52.4 Å². The predicted octanol–water partition coefficient (Wildman–Crippen LogP) is -10.9. The highest BCUT2D eigenvalue weighted by atomic mass is 16.8. The highest BCUT2D eigenvalue weighted by molar-refractivity contribution is 5.66. The van der Waals surface area contributed by atoms with E-state index < -0.39 is 198 Å². The fraction of sp³-hybridized carbons (Fsp3) is 0.972. The Hall–Kier alpha value is -1.57. The second-order valence-corrected chi connectivity index (χ2v) is 16.0. The Morgan fingerprint density at radius 2 is 0.922 bits per heavy atom. The highest BCUT2D eigenvalue weighted by Gasteiger charge is 2.57. The molecule has 5 saturated heterocycles. The van der Waals surface area contributed by atoms with Gasteiger partial charge in [0.2, 0.25) is 0 Å². The van der Waals surface area contributed by atoms with Gasteiger partial charge in [-0.05, 0) is 6.92 Å². The van der Waals surface area contributed by atoms with Crippen LogP contribution in [-0.4, -0.2) is 293 Å². The monoisotopic (exact) mass is 942 g/mol. The molecule has 374 valence electrons. The van der Waals surface area contributed by atoms with Crippen LogP contribution in [-0.2, 0) is 56.9 Å². The quantitative estimate of drug-likeness (QED) is 0.0567. The fourth-order valence-corrected chi connectivity index (χ4v) is 7.88. The van der Waals surface area contributed by atoms with E-state index >= 15 is 0 Å². The van der Waals surface area contributed by atoms with Gasteiger partial charge in [0.15, 0.2) is 31.3 Å². The Labute approximate surface area is 364 Å². The van der Waals surface area contributed by atoms with Crippen molar-refractivity contribution in [2.45, 2.75) is 173 Å². The second-order valence-electron chi connectivity index (χ2n) is 16.0. The van der Waals surface area contributed by atoms with Gasteiger partial charge in [0.25, 0.3) is 0 Å². The van der Waals surface area contributed by atoms with Crippen molar-refractivity contribution in [3.8, 4) is 0 Å². The van der Waals surface area contributed by atoms with Crippen molar-refractivity contribution in [3.63, 3.8) is 0 Å². The molecule has 0 spiro atoms. The zero-order chi connectivity index (χ0) is 47.3. The minimum atomic E-state index is -2.18. The van der Waals surface area contributed by atoms with Gasteiger partial charge in [-0.1, -0.05) is 0 Å². The number of rotatable bonds is 18. The lowest BCUT2D eigenvalue weighted by atomic mass is 9.94. The molecule has 28 nitrogen and oxygen atoms in total. The van der Waals surface area contributed by atoms with Gasteiger partial charge in [0.1, 0.15) is 122 Å². The third-order valence-electron chi connectivity index (χ3n) is 11.5. The number of aliphatic hydroxyl groups excluding tert-OH is 16. The summed E-state index contributed by atoms with van der Waals surface area (Å²) in [5, 5.41) is 169. The van der Waals surface area contributed by atoms with E-state index in [1.807, 2.05) is 0 Å². The maximum Gasteiger partial charge on any atom is 0.303 e. The lowest BCUT2D eigenvalue weighted by Gasteiger charge is -2.50. The molecule has 5 aliphatic heterocycles. The Bertz CT molecular complexity index is 1420. The summed E-state index contributed by atoms with van der Waals surface area (Å²) in [5.41, 5.74) is 0. The van der Waals surface area contributed by atoms with Crippen molar-refractivity contribution in [2.24, 2.45) is 0 Å². The van der Waals surface area contributed by atoms with Gasteiger partial charge >= 0.3 is 5.97 Å². The third-order valence-corrected chi connectivity index (χ3v) is 11.5. The molecule has 26 unspecified atom stereocenters. The van der Waals surface area contributed by atoms with Crippen LogP contribution in [0.2, 0.25) is 0 Å². The van der Waals surface area contributed by atoms with Crippen molar-refractivity contribution in [3.05, 3.63) is 0 Å². The van der Waals surface area contributed by atoms with Crippen LogP contribution in [0.1, 0.15) is 13.8 Å². The molecule has 0 aromatic heterocycles. The van der Waals surface area contributed by atoms with Gasteiger partial charge in [-0.2, -0.15) is 0 Å². The number of hydrogen-bond acceptors (Lipinski definition) is 28. The van der Waals surface area contributed by atoms with Crippen LogP contribution in [0, 0.1) is 0 Å². The van der Waals surface area contributed by atoms with E-state index in [0.717, 1.165) is 6.92 Å². The average Bonchev–Trinajstić information content (AvgIpc) is 3.27. The van der Waals surface area contributed by atoms with Crippen molar-refractivity contribution in [1.29, 1.82) is 0 Å². The van der Waals surface area contributed by atoms with Crippen molar-refractivity contribution in [1.82, 2.24) is 0 Å². The van der Waals surface area contributed by atoms with E-state index in [-0.39, 0.29) is 13.2 Å². The summed E-state index contributed by atoms with van der Waals surface area (Å²) in [6.07, 6.45) is -46.6. The molecule has 0 amide bonds. The number of hydrogen-bond donors (Lipinski definition) is 16. The van der Waals surface area contributed by atoms with E-state index in [9.17, 15) is 81.4 Å². The van der Waals surface area contributed by atoms with Crippen LogP contribution in [0.15, 0.2) is 0 Å². The number of esters is 1. The Balaban J connectivity index is 1.40. The van der Waals surface area contributed by atoms with Gasteiger partial charge < -0.3 is 134 Å². The minimum Gasteiger partial charge on any atom is -0.457 e. The summed E-state index contributed by atoms with van der Waals surface area (Å²) in [7, 11) is 0. The van der Waals surface area contributed by atoms with Gasteiger partial charge in [-0.15, -0.1) is 0 Å². The zero-order valence-corrected chi connectivity index (χ0v) is 34.5. The Kier molecular flexibility index (Phi) is 19.7.